The second kappa shape index (κ2) is 8.86. The summed E-state index contributed by atoms with van der Waals surface area (Å²) in [6.07, 6.45) is 0. The second-order valence-corrected chi connectivity index (χ2v) is 4.34. The van der Waals surface area contributed by atoms with Crippen molar-refractivity contribution in [3.63, 3.8) is 0 Å². The molecule has 0 radical (unpaired) electrons. The molecule has 0 bridgehead atoms. The third-order valence-electron chi connectivity index (χ3n) is 1.89. The van der Waals surface area contributed by atoms with Crippen LogP contribution in [0.5, 0.6) is 0 Å². The summed E-state index contributed by atoms with van der Waals surface area (Å²) in [5.41, 5.74) is 6.54. The van der Waals surface area contributed by atoms with E-state index in [1.54, 1.807) is 0 Å². The van der Waals surface area contributed by atoms with Gasteiger partial charge in [0.15, 0.2) is 0 Å². The Morgan fingerprint density at radius 1 is 1.47 bits per heavy atom. The zero-order valence-electron chi connectivity index (χ0n) is 9.54. The lowest BCUT2D eigenvalue weighted by Gasteiger charge is -2.07. The van der Waals surface area contributed by atoms with Crippen LogP contribution in [0.15, 0.2) is 30.3 Å². The van der Waals surface area contributed by atoms with Gasteiger partial charge in [-0.1, -0.05) is 48.3 Å². The van der Waals surface area contributed by atoms with Gasteiger partial charge in [0.05, 0.1) is 5.92 Å². The molecule has 0 aliphatic carbocycles. The van der Waals surface area contributed by atoms with E-state index in [1.165, 1.54) is 12.5 Å². The van der Waals surface area contributed by atoms with Crippen molar-refractivity contribution < 1.29 is 18.7 Å². The maximum Gasteiger partial charge on any atom is 0.307 e. The number of carboxylic acid groups (broad SMARTS) is 1. The van der Waals surface area contributed by atoms with E-state index in [9.17, 15) is 13.6 Å². The van der Waals surface area contributed by atoms with Crippen molar-refractivity contribution in [2.24, 2.45) is 11.7 Å². The first-order valence-electron chi connectivity index (χ1n) is 5.00. The maximum atomic E-state index is 9.96. The Labute approximate surface area is 103 Å². The molecule has 2 unspecified atom stereocenters. The predicted octanol–water partition coefficient (Wildman–Crippen LogP) is 0.732. The monoisotopic (exact) mass is 258 g/mol. The first-order valence-corrected chi connectivity index (χ1v) is 6.24. The molecule has 1 aromatic rings. The van der Waals surface area contributed by atoms with Gasteiger partial charge < -0.3 is 15.4 Å². The van der Waals surface area contributed by atoms with E-state index in [1.807, 2.05) is 30.3 Å². The molecule has 1 rings (SSSR count). The van der Waals surface area contributed by atoms with Crippen LogP contribution in [0.3, 0.4) is 0 Å². The minimum absolute atomic E-state index is 0.310. The first kappa shape index (κ1) is 15.8. The van der Waals surface area contributed by atoms with E-state index in [4.69, 9.17) is 10.8 Å². The first-order chi connectivity index (χ1) is 7.97. The van der Waals surface area contributed by atoms with E-state index >= 15 is 0 Å². The van der Waals surface area contributed by atoms with Crippen LogP contribution in [0.4, 0.5) is 0 Å². The van der Waals surface area contributed by atoms with Gasteiger partial charge in [0, 0.05) is 12.3 Å². The maximum absolute atomic E-state index is 9.96. The Balaban J connectivity index is 0.000000302. The highest BCUT2D eigenvalue weighted by Crippen LogP contribution is 1.95. The molecule has 6 heteroatoms. The van der Waals surface area contributed by atoms with Gasteiger partial charge in [0.1, 0.15) is 0 Å². The van der Waals surface area contributed by atoms with E-state index < -0.39 is 23.0 Å². The number of nitrogens with two attached hydrogens (primary N) is 1. The molecule has 0 saturated heterocycles. The molecule has 0 spiro atoms. The normalized spacial score (nSPS) is 13.1. The summed E-state index contributed by atoms with van der Waals surface area (Å²) in [4.78, 5) is 9.96. The lowest BCUT2D eigenvalue weighted by molar-refractivity contribution is -0.140. The fourth-order valence-corrected chi connectivity index (χ4v) is 1.44. The Hall–Kier alpha value is -1.24. The fourth-order valence-electron chi connectivity index (χ4n) is 0.890. The summed E-state index contributed by atoms with van der Waals surface area (Å²) >= 11 is -2.25. The summed E-state index contributed by atoms with van der Waals surface area (Å²) < 4.78 is 19.7. The van der Waals surface area contributed by atoms with Gasteiger partial charge in [0.2, 0.25) is 0 Å². The van der Waals surface area contributed by atoms with E-state index in [0.29, 0.717) is 6.54 Å². The Kier molecular flexibility index (Phi) is 8.21. The minimum Gasteiger partial charge on any atom is -0.772 e. The molecule has 3 N–H and O–H groups in total. The van der Waals surface area contributed by atoms with Gasteiger partial charge in [-0.3, -0.25) is 9.00 Å². The van der Waals surface area contributed by atoms with Crippen molar-refractivity contribution >= 4 is 17.0 Å². The predicted molar refractivity (Wildman–Crippen MR) is 64.9 cm³/mol. The molecule has 0 aliphatic heterocycles. The average Bonchev–Trinajstić information content (AvgIpc) is 2.30. The summed E-state index contributed by atoms with van der Waals surface area (Å²) in [5.74, 6) is -2.20. The quantitative estimate of drug-likeness (QED) is 0.775. The van der Waals surface area contributed by atoms with E-state index in [0.717, 1.165) is 0 Å². The summed E-state index contributed by atoms with van der Waals surface area (Å²) in [6, 6.07) is 9.99. The molecule has 5 nitrogen and oxygen atoms in total. The van der Waals surface area contributed by atoms with Gasteiger partial charge in [-0.2, -0.15) is 0 Å². The molecule has 0 fully saturated rings. The van der Waals surface area contributed by atoms with Crippen LogP contribution >= 0.6 is 0 Å². The number of hydrogen-bond acceptors (Lipinski definition) is 4. The van der Waals surface area contributed by atoms with Crippen LogP contribution < -0.4 is 5.73 Å². The number of rotatable bonds is 4. The average molecular weight is 258 g/mol. The highest BCUT2D eigenvalue weighted by Gasteiger charge is 2.09. The molecule has 0 aliphatic rings. The third-order valence-corrected chi connectivity index (χ3v) is 2.66. The zero-order chi connectivity index (χ0) is 13.3. The summed E-state index contributed by atoms with van der Waals surface area (Å²) in [6.45, 7) is 1.99. The lowest BCUT2D eigenvalue weighted by atomic mass is 10.2. The van der Waals surface area contributed by atoms with Gasteiger partial charge in [-0.05, 0) is 5.56 Å². The fraction of sp³-hybridized carbons (Fsp3) is 0.364. The molecular weight excluding hydrogens is 242 g/mol. The van der Waals surface area contributed by atoms with Crippen molar-refractivity contribution in [1.29, 1.82) is 0 Å². The van der Waals surface area contributed by atoms with Crippen LogP contribution in [-0.2, 0) is 22.4 Å². The van der Waals surface area contributed by atoms with Crippen molar-refractivity contribution in [3.05, 3.63) is 35.9 Å². The number of carbonyl (C=O) groups is 1. The number of hydrogen-bond donors (Lipinski definition) is 2. The van der Waals surface area contributed by atoms with Gasteiger partial charge in [-0.15, -0.1) is 0 Å². The second-order valence-electron chi connectivity index (χ2n) is 3.40. The van der Waals surface area contributed by atoms with E-state index in [-0.39, 0.29) is 5.75 Å². The molecular formula is C11H16NO4S-. The summed E-state index contributed by atoms with van der Waals surface area (Å²) in [7, 11) is 0. The van der Waals surface area contributed by atoms with Crippen LogP contribution in [0.25, 0.3) is 0 Å². The van der Waals surface area contributed by atoms with Crippen molar-refractivity contribution in [3.8, 4) is 0 Å². The number of carboxylic acids is 1. The van der Waals surface area contributed by atoms with Crippen LogP contribution in [0.2, 0.25) is 0 Å². The minimum atomic E-state index is -2.25. The van der Waals surface area contributed by atoms with Crippen LogP contribution in [-0.4, -0.2) is 25.6 Å². The van der Waals surface area contributed by atoms with Crippen LogP contribution in [0, 0.1) is 5.92 Å². The molecule has 96 valence electrons. The van der Waals surface area contributed by atoms with Gasteiger partial charge >= 0.3 is 5.97 Å². The molecule has 0 saturated carbocycles. The molecule has 2 atom stereocenters. The van der Waals surface area contributed by atoms with Crippen molar-refractivity contribution in [1.82, 2.24) is 0 Å². The largest absolute Gasteiger partial charge is 0.772 e. The highest BCUT2D eigenvalue weighted by molar-refractivity contribution is 7.79. The smallest absolute Gasteiger partial charge is 0.307 e. The molecule has 17 heavy (non-hydrogen) atoms. The molecule has 1 aromatic carbocycles. The Bertz CT molecular complexity index is 356. The van der Waals surface area contributed by atoms with Crippen molar-refractivity contribution in [2.75, 3.05) is 5.75 Å². The van der Waals surface area contributed by atoms with Gasteiger partial charge in [-0.25, -0.2) is 0 Å². The summed E-state index contributed by atoms with van der Waals surface area (Å²) in [5, 5.41) is 8.16. The number of benzene rings is 1. The highest BCUT2D eigenvalue weighted by atomic mass is 32.2. The number of aliphatic carboxylic acids is 1. The van der Waals surface area contributed by atoms with Crippen molar-refractivity contribution in [2.45, 2.75) is 13.5 Å². The molecule has 0 aromatic heterocycles. The SMILES string of the molecule is CC(CS(=O)[O-])C(=O)O.NCc1ccccc1. The molecule has 0 heterocycles. The van der Waals surface area contributed by atoms with Gasteiger partial charge in [0.25, 0.3) is 0 Å². The van der Waals surface area contributed by atoms with Crippen LogP contribution in [0.1, 0.15) is 12.5 Å². The standard InChI is InChI=1S/C7H9N.C4H8O4S/c8-6-7-4-2-1-3-5-7;1-3(4(5)6)2-9(7)8/h1-5H,6,8H2;3H,2H2,1H3,(H,5,6)(H,7,8)/p-1. The van der Waals surface area contributed by atoms with E-state index in [2.05, 4.69) is 0 Å². The lowest BCUT2D eigenvalue weighted by Crippen LogP contribution is -2.16. The topological polar surface area (TPSA) is 103 Å². The Morgan fingerprint density at radius 2 is 2.00 bits per heavy atom. The Morgan fingerprint density at radius 3 is 2.24 bits per heavy atom. The molecule has 0 amide bonds. The third kappa shape index (κ3) is 8.56. The zero-order valence-corrected chi connectivity index (χ0v) is 10.4.